The quantitative estimate of drug-likeness (QED) is 0.667. The maximum atomic E-state index is 12.0. The lowest BCUT2D eigenvalue weighted by Gasteiger charge is -2.24. The first-order valence-electron chi connectivity index (χ1n) is 6.46. The molecule has 0 aliphatic carbocycles. The summed E-state index contributed by atoms with van der Waals surface area (Å²) < 4.78 is 22.7. The molecule has 0 spiro atoms. The van der Waals surface area contributed by atoms with Crippen LogP contribution in [0.5, 0.6) is 0 Å². The first kappa shape index (κ1) is 17.1. The zero-order valence-electron chi connectivity index (χ0n) is 12.4. The van der Waals surface area contributed by atoms with E-state index >= 15 is 0 Å². The Labute approximate surface area is 125 Å². The van der Waals surface area contributed by atoms with E-state index in [0.717, 1.165) is 0 Å². The number of allylic oxidation sites excluding steroid dienone is 3. The first-order chi connectivity index (χ1) is 9.77. The minimum Gasteiger partial charge on any atom is -0.335 e. The van der Waals surface area contributed by atoms with Gasteiger partial charge in [0.2, 0.25) is 15.9 Å². The standard InChI is InChI=1S/C15H20N2O3S/c1-4-5-6-10-15(18)17(3)12(2)13-8-7-9-14(11-13)21(16,19)20/h4-12H,1-3H3,(H2,16,19,20). The molecule has 1 aromatic rings. The number of benzene rings is 1. The topological polar surface area (TPSA) is 80.5 Å². The molecule has 0 saturated heterocycles. The molecule has 21 heavy (non-hydrogen) atoms. The number of rotatable bonds is 5. The van der Waals surface area contributed by atoms with Gasteiger partial charge in [-0.2, -0.15) is 0 Å². The van der Waals surface area contributed by atoms with Gasteiger partial charge in [0.15, 0.2) is 0 Å². The number of primary sulfonamides is 1. The van der Waals surface area contributed by atoms with Crippen LogP contribution in [0.1, 0.15) is 25.5 Å². The van der Waals surface area contributed by atoms with Crippen LogP contribution in [-0.4, -0.2) is 26.3 Å². The monoisotopic (exact) mass is 308 g/mol. The summed E-state index contributed by atoms with van der Waals surface area (Å²) in [5.41, 5.74) is 0.705. The normalized spacial score (nSPS) is 13.7. The Kier molecular flexibility index (Phi) is 5.87. The van der Waals surface area contributed by atoms with Gasteiger partial charge in [-0.15, -0.1) is 0 Å². The first-order valence-corrected chi connectivity index (χ1v) is 8.01. The Morgan fingerprint density at radius 2 is 2.00 bits per heavy atom. The summed E-state index contributed by atoms with van der Waals surface area (Å²) in [7, 11) is -2.09. The Morgan fingerprint density at radius 1 is 1.33 bits per heavy atom. The summed E-state index contributed by atoms with van der Waals surface area (Å²) in [6.45, 7) is 3.68. The van der Waals surface area contributed by atoms with Gasteiger partial charge < -0.3 is 4.90 Å². The Bertz CT molecular complexity index is 663. The van der Waals surface area contributed by atoms with Gasteiger partial charge in [-0.25, -0.2) is 13.6 Å². The Hall–Kier alpha value is -1.92. The van der Waals surface area contributed by atoms with Crippen molar-refractivity contribution in [3.05, 3.63) is 54.1 Å². The van der Waals surface area contributed by atoms with Gasteiger partial charge in [-0.05, 0) is 31.5 Å². The van der Waals surface area contributed by atoms with Crippen LogP contribution in [0.3, 0.4) is 0 Å². The summed E-state index contributed by atoms with van der Waals surface area (Å²) in [6.07, 6.45) is 6.70. The van der Waals surface area contributed by atoms with Gasteiger partial charge >= 0.3 is 0 Å². The van der Waals surface area contributed by atoms with Crippen LogP contribution >= 0.6 is 0 Å². The lowest BCUT2D eigenvalue weighted by Crippen LogP contribution is -2.28. The molecule has 2 N–H and O–H groups in total. The Morgan fingerprint density at radius 3 is 2.57 bits per heavy atom. The van der Waals surface area contributed by atoms with Crippen molar-refractivity contribution in [2.75, 3.05) is 7.05 Å². The highest BCUT2D eigenvalue weighted by Crippen LogP contribution is 2.21. The van der Waals surface area contributed by atoms with E-state index in [1.54, 1.807) is 31.3 Å². The van der Waals surface area contributed by atoms with Crippen LogP contribution in [-0.2, 0) is 14.8 Å². The number of amides is 1. The number of sulfonamides is 1. The second-order valence-electron chi connectivity index (χ2n) is 4.63. The number of nitrogens with zero attached hydrogens (tertiary/aromatic N) is 1. The molecule has 1 rings (SSSR count). The number of carbonyl (C=O) groups is 1. The van der Waals surface area contributed by atoms with Crippen LogP contribution in [0.25, 0.3) is 0 Å². The number of hydrogen-bond acceptors (Lipinski definition) is 3. The SMILES string of the molecule is CC=CC=CC(=O)N(C)C(C)c1cccc(S(N)(=O)=O)c1. The van der Waals surface area contributed by atoms with E-state index in [1.807, 2.05) is 19.9 Å². The van der Waals surface area contributed by atoms with Crippen LogP contribution in [0.4, 0.5) is 0 Å². The molecule has 114 valence electrons. The van der Waals surface area contributed by atoms with E-state index in [1.165, 1.54) is 23.1 Å². The highest BCUT2D eigenvalue weighted by molar-refractivity contribution is 7.89. The molecule has 0 aliphatic heterocycles. The molecule has 0 saturated carbocycles. The molecule has 1 atom stereocenters. The molecule has 1 unspecified atom stereocenters. The smallest absolute Gasteiger partial charge is 0.246 e. The van der Waals surface area contributed by atoms with Crippen molar-refractivity contribution in [3.8, 4) is 0 Å². The maximum absolute atomic E-state index is 12.0. The van der Waals surface area contributed by atoms with Crippen LogP contribution in [0.2, 0.25) is 0 Å². The largest absolute Gasteiger partial charge is 0.335 e. The number of likely N-dealkylation sites (N-methyl/N-ethyl adjacent to an activating group) is 1. The minimum atomic E-state index is -3.75. The van der Waals surface area contributed by atoms with Crippen LogP contribution in [0.15, 0.2) is 53.5 Å². The zero-order valence-corrected chi connectivity index (χ0v) is 13.2. The molecule has 1 amide bonds. The lowest BCUT2D eigenvalue weighted by atomic mass is 10.1. The minimum absolute atomic E-state index is 0.0390. The third kappa shape index (κ3) is 4.84. The molecule has 6 heteroatoms. The van der Waals surface area contributed by atoms with Gasteiger partial charge in [0.1, 0.15) is 0 Å². The van der Waals surface area contributed by atoms with E-state index in [-0.39, 0.29) is 16.8 Å². The summed E-state index contributed by atoms with van der Waals surface area (Å²) in [5, 5.41) is 5.12. The van der Waals surface area contributed by atoms with Crippen molar-refractivity contribution in [3.63, 3.8) is 0 Å². The fourth-order valence-corrected chi connectivity index (χ4v) is 2.30. The van der Waals surface area contributed by atoms with Gasteiger partial charge in [0.05, 0.1) is 10.9 Å². The van der Waals surface area contributed by atoms with Gasteiger partial charge in [-0.1, -0.05) is 30.4 Å². The van der Waals surface area contributed by atoms with Crippen molar-refractivity contribution >= 4 is 15.9 Å². The van der Waals surface area contributed by atoms with E-state index in [4.69, 9.17) is 5.14 Å². The van der Waals surface area contributed by atoms with Gasteiger partial charge in [0.25, 0.3) is 0 Å². The van der Waals surface area contributed by atoms with Gasteiger partial charge in [-0.3, -0.25) is 4.79 Å². The molecule has 0 aliphatic rings. The molecule has 5 nitrogen and oxygen atoms in total. The average molecular weight is 308 g/mol. The van der Waals surface area contributed by atoms with Crippen molar-refractivity contribution < 1.29 is 13.2 Å². The number of nitrogens with two attached hydrogens (primary N) is 1. The van der Waals surface area contributed by atoms with Gasteiger partial charge in [0, 0.05) is 13.1 Å². The van der Waals surface area contributed by atoms with E-state index < -0.39 is 10.0 Å². The molecule has 1 aromatic carbocycles. The second-order valence-corrected chi connectivity index (χ2v) is 6.19. The predicted molar refractivity (Wildman–Crippen MR) is 83.0 cm³/mol. The van der Waals surface area contributed by atoms with E-state index in [9.17, 15) is 13.2 Å². The van der Waals surface area contributed by atoms with Crippen molar-refractivity contribution in [1.82, 2.24) is 4.90 Å². The van der Waals surface area contributed by atoms with E-state index in [0.29, 0.717) is 5.56 Å². The Balaban J connectivity index is 2.98. The molecule has 0 radical (unpaired) electrons. The number of hydrogen-bond donors (Lipinski definition) is 1. The van der Waals surface area contributed by atoms with Crippen LogP contribution < -0.4 is 5.14 Å². The molecule has 0 fully saturated rings. The fourth-order valence-electron chi connectivity index (χ4n) is 1.73. The average Bonchev–Trinajstić information content (AvgIpc) is 2.45. The second kappa shape index (κ2) is 7.19. The molecular formula is C15H20N2O3S. The van der Waals surface area contributed by atoms with Crippen molar-refractivity contribution in [1.29, 1.82) is 0 Å². The summed E-state index contributed by atoms with van der Waals surface area (Å²) in [6, 6.07) is 6.02. The molecule has 0 heterocycles. The summed E-state index contributed by atoms with van der Waals surface area (Å²) in [5.74, 6) is -0.165. The maximum Gasteiger partial charge on any atom is 0.246 e. The van der Waals surface area contributed by atoms with Crippen molar-refractivity contribution in [2.45, 2.75) is 24.8 Å². The highest BCUT2D eigenvalue weighted by atomic mass is 32.2. The third-order valence-corrected chi connectivity index (χ3v) is 4.05. The molecular weight excluding hydrogens is 288 g/mol. The zero-order chi connectivity index (χ0) is 16.0. The van der Waals surface area contributed by atoms with Crippen molar-refractivity contribution in [2.24, 2.45) is 5.14 Å². The fraction of sp³-hybridized carbons (Fsp3) is 0.267. The van der Waals surface area contributed by atoms with Crippen LogP contribution in [0, 0.1) is 0 Å². The summed E-state index contributed by atoms with van der Waals surface area (Å²) >= 11 is 0. The summed E-state index contributed by atoms with van der Waals surface area (Å²) in [4.78, 5) is 13.5. The third-order valence-electron chi connectivity index (χ3n) is 3.14. The lowest BCUT2D eigenvalue weighted by molar-refractivity contribution is -0.126. The molecule has 0 bridgehead atoms. The van der Waals surface area contributed by atoms with E-state index in [2.05, 4.69) is 0 Å². The highest BCUT2D eigenvalue weighted by Gasteiger charge is 2.17. The molecule has 0 aromatic heterocycles. The predicted octanol–water partition coefficient (Wildman–Crippen LogP) is 1.99. The number of carbonyl (C=O) groups excluding carboxylic acids is 1.